The lowest BCUT2D eigenvalue weighted by molar-refractivity contribution is -0.149. The molecule has 3 atom stereocenters. The van der Waals surface area contributed by atoms with Crippen molar-refractivity contribution >= 4 is 7.41 Å². The van der Waals surface area contributed by atoms with Crippen molar-refractivity contribution in [3.8, 4) is 0 Å². The van der Waals surface area contributed by atoms with E-state index in [9.17, 15) is 0 Å². The van der Waals surface area contributed by atoms with Gasteiger partial charge in [-0.15, -0.1) is 0 Å². The lowest BCUT2D eigenvalue weighted by atomic mass is 9.76. The van der Waals surface area contributed by atoms with Gasteiger partial charge in [0.05, 0.1) is 12.2 Å². The SMILES string of the molecule is CC1OC(C)(C)O[C@H]1[C@@H](CBNN)CCO. The molecule has 6 heteroatoms. The fourth-order valence-corrected chi connectivity index (χ4v) is 2.35. The van der Waals surface area contributed by atoms with E-state index in [1.54, 1.807) is 0 Å². The molecule has 1 rings (SSSR count). The summed E-state index contributed by atoms with van der Waals surface area (Å²) in [5, 5.41) is 11.7. The molecule has 0 aromatic heterocycles. The first-order valence-corrected chi connectivity index (χ1v) is 5.90. The molecule has 0 aromatic rings. The van der Waals surface area contributed by atoms with Crippen LogP contribution in [-0.4, -0.2) is 37.1 Å². The van der Waals surface area contributed by atoms with E-state index in [0.717, 1.165) is 20.2 Å². The van der Waals surface area contributed by atoms with Crippen molar-refractivity contribution in [3.63, 3.8) is 0 Å². The number of rotatable bonds is 6. The van der Waals surface area contributed by atoms with Crippen LogP contribution in [-0.2, 0) is 9.47 Å². The Morgan fingerprint density at radius 3 is 2.62 bits per heavy atom. The summed E-state index contributed by atoms with van der Waals surface area (Å²) in [4.78, 5) is 0. The van der Waals surface area contributed by atoms with Crippen molar-refractivity contribution in [2.75, 3.05) is 6.61 Å². The van der Waals surface area contributed by atoms with Crippen LogP contribution in [0.4, 0.5) is 0 Å². The first-order valence-electron chi connectivity index (χ1n) is 5.90. The molecule has 5 nitrogen and oxygen atoms in total. The zero-order valence-corrected chi connectivity index (χ0v) is 10.4. The van der Waals surface area contributed by atoms with Crippen molar-refractivity contribution in [1.82, 2.24) is 5.34 Å². The Balaban J connectivity index is 2.56. The van der Waals surface area contributed by atoms with Crippen LogP contribution in [0.3, 0.4) is 0 Å². The average molecular weight is 230 g/mol. The maximum Gasteiger partial charge on any atom is 0.219 e. The van der Waals surface area contributed by atoms with Crippen LogP contribution in [0.1, 0.15) is 27.2 Å². The molecule has 0 aliphatic carbocycles. The highest BCUT2D eigenvalue weighted by Gasteiger charge is 2.42. The minimum absolute atomic E-state index is 0.0375. The summed E-state index contributed by atoms with van der Waals surface area (Å²) in [6.45, 7) is 6.02. The molecule has 0 aromatic carbocycles. The molecule has 1 saturated heterocycles. The highest BCUT2D eigenvalue weighted by molar-refractivity contribution is 6.31. The number of hydrazine groups is 1. The molecule has 0 radical (unpaired) electrons. The predicted octanol–water partition coefficient (Wildman–Crippen LogP) is -0.242. The predicted molar refractivity (Wildman–Crippen MR) is 64.0 cm³/mol. The highest BCUT2D eigenvalue weighted by atomic mass is 16.7. The van der Waals surface area contributed by atoms with Crippen LogP contribution in [0, 0.1) is 5.92 Å². The topological polar surface area (TPSA) is 76.7 Å². The van der Waals surface area contributed by atoms with Gasteiger partial charge in [0.2, 0.25) is 7.41 Å². The van der Waals surface area contributed by atoms with E-state index in [-0.39, 0.29) is 24.7 Å². The minimum Gasteiger partial charge on any atom is -0.396 e. The largest absolute Gasteiger partial charge is 0.396 e. The summed E-state index contributed by atoms with van der Waals surface area (Å²) in [6, 6.07) is 0. The van der Waals surface area contributed by atoms with Crippen molar-refractivity contribution in [3.05, 3.63) is 0 Å². The number of aliphatic hydroxyl groups excluding tert-OH is 1. The van der Waals surface area contributed by atoms with E-state index in [4.69, 9.17) is 20.4 Å². The van der Waals surface area contributed by atoms with Gasteiger partial charge >= 0.3 is 0 Å². The number of nitrogens with one attached hydrogen (secondary N) is 1. The summed E-state index contributed by atoms with van der Waals surface area (Å²) >= 11 is 0. The Labute approximate surface area is 97.9 Å². The normalized spacial score (nSPS) is 30.3. The van der Waals surface area contributed by atoms with Crippen molar-refractivity contribution in [1.29, 1.82) is 0 Å². The molecule has 1 unspecified atom stereocenters. The fraction of sp³-hybridized carbons (Fsp3) is 1.00. The molecule has 1 heterocycles. The average Bonchev–Trinajstić information content (AvgIpc) is 2.47. The smallest absolute Gasteiger partial charge is 0.219 e. The van der Waals surface area contributed by atoms with Crippen molar-refractivity contribution in [2.24, 2.45) is 11.8 Å². The maximum atomic E-state index is 9.06. The van der Waals surface area contributed by atoms with Crippen LogP contribution >= 0.6 is 0 Å². The van der Waals surface area contributed by atoms with E-state index < -0.39 is 5.79 Å². The number of ether oxygens (including phenoxy) is 2. The first kappa shape index (κ1) is 13.9. The summed E-state index contributed by atoms with van der Waals surface area (Å²) in [6.07, 6.45) is 1.70. The maximum absolute atomic E-state index is 9.06. The van der Waals surface area contributed by atoms with Gasteiger partial charge in [-0.05, 0) is 33.1 Å². The fourth-order valence-electron chi connectivity index (χ4n) is 2.35. The summed E-state index contributed by atoms with van der Waals surface area (Å²) < 4.78 is 11.6. The summed E-state index contributed by atoms with van der Waals surface area (Å²) in [7, 11) is 0.720. The standard InChI is InChI=1S/C10H23BN2O3/c1-7-9(16-10(2,3)15-7)8(4-5-14)6-11-13-12/h7-9,11,13-14H,4-6,12H2,1-3H3/t7?,8-,9-/m1/s1. The van der Waals surface area contributed by atoms with Crippen LogP contribution < -0.4 is 11.2 Å². The molecule has 16 heavy (non-hydrogen) atoms. The van der Waals surface area contributed by atoms with Gasteiger partial charge in [0.25, 0.3) is 0 Å². The number of aliphatic hydroxyl groups is 1. The zero-order valence-electron chi connectivity index (χ0n) is 10.4. The van der Waals surface area contributed by atoms with E-state index >= 15 is 0 Å². The molecular weight excluding hydrogens is 207 g/mol. The Kier molecular flexibility index (Phi) is 5.20. The van der Waals surface area contributed by atoms with Crippen molar-refractivity contribution < 1.29 is 14.6 Å². The van der Waals surface area contributed by atoms with Gasteiger partial charge in [0, 0.05) is 6.61 Å². The molecule has 0 saturated carbocycles. The van der Waals surface area contributed by atoms with Gasteiger partial charge < -0.3 is 19.9 Å². The van der Waals surface area contributed by atoms with Gasteiger partial charge in [0.1, 0.15) is 0 Å². The first-order chi connectivity index (χ1) is 7.50. The van der Waals surface area contributed by atoms with Crippen molar-refractivity contribution in [2.45, 2.75) is 51.5 Å². The monoisotopic (exact) mass is 230 g/mol. The highest BCUT2D eigenvalue weighted by Crippen LogP contribution is 2.34. The van der Waals surface area contributed by atoms with Gasteiger partial charge in [-0.3, -0.25) is 5.84 Å². The molecule has 1 aliphatic rings. The molecule has 0 bridgehead atoms. The van der Waals surface area contributed by atoms with Crippen LogP contribution in [0.5, 0.6) is 0 Å². The van der Waals surface area contributed by atoms with Gasteiger partial charge in [-0.2, -0.15) is 0 Å². The molecule has 0 amide bonds. The lowest BCUT2D eigenvalue weighted by Crippen LogP contribution is -2.35. The quantitative estimate of drug-likeness (QED) is 0.333. The second kappa shape index (κ2) is 5.98. The molecule has 94 valence electrons. The Bertz CT molecular complexity index is 216. The van der Waals surface area contributed by atoms with Crippen LogP contribution in [0.2, 0.25) is 6.32 Å². The number of hydrogen-bond acceptors (Lipinski definition) is 5. The zero-order chi connectivity index (χ0) is 12.2. The second-order valence-electron chi connectivity index (χ2n) is 4.82. The third-order valence-corrected chi connectivity index (χ3v) is 2.98. The van der Waals surface area contributed by atoms with E-state index in [0.29, 0.717) is 0 Å². The third-order valence-electron chi connectivity index (χ3n) is 2.98. The van der Waals surface area contributed by atoms with E-state index in [2.05, 4.69) is 5.34 Å². The van der Waals surface area contributed by atoms with Gasteiger partial charge in [0.15, 0.2) is 5.79 Å². The molecule has 0 spiro atoms. The minimum atomic E-state index is -0.520. The van der Waals surface area contributed by atoms with Crippen LogP contribution in [0.15, 0.2) is 0 Å². The number of hydrogen-bond donors (Lipinski definition) is 3. The Hall–Kier alpha value is -0.135. The Morgan fingerprint density at radius 2 is 2.19 bits per heavy atom. The molecular formula is C10H23BN2O3. The molecule has 1 aliphatic heterocycles. The van der Waals surface area contributed by atoms with Crippen LogP contribution in [0.25, 0.3) is 0 Å². The third kappa shape index (κ3) is 3.71. The summed E-state index contributed by atoms with van der Waals surface area (Å²) in [5.41, 5.74) is 0. The molecule has 4 N–H and O–H groups in total. The lowest BCUT2D eigenvalue weighted by Gasteiger charge is -2.24. The van der Waals surface area contributed by atoms with E-state index in [1.165, 1.54) is 0 Å². The molecule has 1 fully saturated rings. The second-order valence-corrected chi connectivity index (χ2v) is 4.82. The Morgan fingerprint density at radius 1 is 1.50 bits per heavy atom. The number of nitrogens with two attached hydrogens (primary N) is 1. The summed E-state index contributed by atoms with van der Waals surface area (Å²) in [5.74, 6) is 5.03. The van der Waals surface area contributed by atoms with E-state index in [1.807, 2.05) is 20.8 Å². The van der Waals surface area contributed by atoms with Gasteiger partial charge in [-0.25, -0.2) is 0 Å². The van der Waals surface area contributed by atoms with Gasteiger partial charge in [-0.1, -0.05) is 6.32 Å².